The number of nitrogens with one attached hydrogen (secondary N) is 1. The van der Waals surface area contributed by atoms with Crippen LogP contribution < -0.4 is 9.64 Å². The molecule has 0 unspecified atom stereocenters. The van der Waals surface area contributed by atoms with E-state index in [-0.39, 0.29) is 11.4 Å². The molecular formula is C20H27N2O5+. The van der Waals surface area contributed by atoms with Crippen LogP contribution in [0.3, 0.4) is 0 Å². The van der Waals surface area contributed by atoms with Crippen molar-refractivity contribution in [2.45, 2.75) is 19.9 Å². The van der Waals surface area contributed by atoms with E-state index in [1.54, 1.807) is 4.90 Å². The van der Waals surface area contributed by atoms with E-state index in [2.05, 4.69) is 0 Å². The quantitative estimate of drug-likeness (QED) is 0.716. The highest BCUT2D eigenvalue weighted by atomic mass is 16.5. The second-order valence-electron chi connectivity index (χ2n) is 6.83. The minimum Gasteiger partial charge on any atom is -0.503 e. The zero-order chi connectivity index (χ0) is 19.4. The first-order valence-electron chi connectivity index (χ1n) is 9.42. The summed E-state index contributed by atoms with van der Waals surface area (Å²) in [5.41, 5.74) is 0.958. The summed E-state index contributed by atoms with van der Waals surface area (Å²) in [6.07, 6.45) is 0. The first-order valence-corrected chi connectivity index (χ1v) is 9.42. The number of carbonyl (C=O) groups is 2. The van der Waals surface area contributed by atoms with Crippen molar-refractivity contribution in [3.05, 3.63) is 41.2 Å². The Labute approximate surface area is 159 Å². The van der Waals surface area contributed by atoms with Crippen molar-refractivity contribution in [2.24, 2.45) is 0 Å². The largest absolute Gasteiger partial charge is 0.503 e. The standard InChI is InChI=1S/C20H26N2O5/c1-3-27-16-6-4-15(5-7-16)18-17(14(2)23)19(24)20(25)22(18)9-8-21-10-12-26-13-11-21/h4-7,18,24H,3,8-13H2,1-2H3/p+1/t18-/m0/s1. The van der Waals surface area contributed by atoms with Gasteiger partial charge >= 0.3 is 0 Å². The molecule has 2 heterocycles. The number of quaternary nitrogens is 1. The summed E-state index contributed by atoms with van der Waals surface area (Å²) >= 11 is 0. The van der Waals surface area contributed by atoms with Crippen molar-refractivity contribution in [3.8, 4) is 5.75 Å². The fourth-order valence-corrected chi connectivity index (χ4v) is 3.69. The summed E-state index contributed by atoms with van der Waals surface area (Å²) in [7, 11) is 0. The molecule has 7 nitrogen and oxygen atoms in total. The van der Waals surface area contributed by atoms with Gasteiger partial charge in [-0.1, -0.05) is 12.1 Å². The van der Waals surface area contributed by atoms with Crippen LogP contribution in [0.1, 0.15) is 25.5 Å². The van der Waals surface area contributed by atoms with Crippen molar-refractivity contribution < 1.29 is 29.1 Å². The lowest BCUT2D eigenvalue weighted by Crippen LogP contribution is -3.14. The molecule has 3 rings (SSSR count). The average molecular weight is 375 g/mol. The Morgan fingerprint density at radius 1 is 1.30 bits per heavy atom. The van der Waals surface area contributed by atoms with Gasteiger partial charge in [0.1, 0.15) is 18.8 Å². The zero-order valence-electron chi connectivity index (χ0n) is 15.9. The SMILES string of the molecule is CCOc1ccc([C@H]2C(C(C)=O)=C(O)C(=O)N2CC[NH+]2CCOCC2)cc1. The lowest BCUT2D eigenvalue weighted by molar-refractivity contribution is -0.907. The maximum absolute atomic E-state index is 12.7. The first-order chi connectivity index (χ1) is 13.0. The Kier molecular flexibility index (Phi) is 6.13. The van der Waals surface area contributed by atoms with Gasteiger partial charge in [-0.2, -0.15) is 0 Å². The van der Waals surface area contributed by atoms with Gasteiger partial charge in [0, 0.05) is 0 Å². The second-order valence-corrected chi connectivity index (χ2v) is 6.83. The summed E-state index contributed by atoms with van der Waals surface area (Å²) in [4.78, 5) is 27.8. The number of aliphatic hydroxyl groups excluding tert-OH is 1. The molecule has 0 spiro atoms. The molecular weight excluding hydrogens is 348 g/mol. The smallest absolute Gasteiger partial charge is 0.290 e. The van der Waals surface area contributed by atoms with E-state index in [0.717, 1.165) is 30.9 Å². The molecule has 0 radical (unpaired) electrons. The van der Waals surface area contributed by atoms with Crippen molar-refractivity contribution in [3.63, 3.8) is 0 Å². The van der Waals surface area contributed by atoms with Crippen LogP contribution in [0.25, 0.3) is 0 Å². The fourth-order valence-electron chi connectivity index (χ4n) is 3.69. The molecule has 0 saturated carbocycles. The molecule has 0 bridgehead atoms. The summed E-state index contributed by atoms with van der Waals surface area (Å²) in [5.74, 6) is -0.474. The van der Waals surface area contributed by atoms with Gasteiger partial charge in [0.05, 0.1) is 44.5 Å². The van der Waals surface area contributed by atoms with Gasteiger partial charge < -0.3 is 24.4 Å². The van der Waals surface area contributed by atoms with Crippen LogP contribution in [0.4, 0.5) is 0 Å². The zero-order valence-corrected chi connectivity index (χ0v) is 15.9. The van der Waals surface area contributed by atoms with E-state index >= 15 is 0 Å². The highest BCUT2D eigenvalue weighted by Crippen LogP contribution is 2.37. The summed E-state index contributed by atoms with van der Waals surface area (Å²) in [6.45, 7) is 8.30. The molecule has 146 valence electrons. The minimum atomic E-state index is -0.564. The van der Waals surface area contributed by atoms with Gasteiger partial charge in [-0.15, -0.1) is 0 Å². The van der Waals surface area contributed by atoms with Crippen LogP contribution >= 0.6 is 0 Å². The monoisotopic (exact) mass is 375 g/mol. The maximum Gasteiger partial charge on any atom is 0.290 e. The number of hydrogen-bond acceptors (Lipinski definition) is 5. The normalized spacial score (nSPS) is 21.0. The Morgan fingerprint density at radius 2 is 1.96 bits per heavy atom. The highest BCUT2D eigenvalue weighted by molar-refractivity contribution is 6.08. The number of aliphatic hydroxyl groups is 1. The third-order valence-corrected chi connectivity index (χ3v) is 5.10. The van der Waals surface area contributed by atoms with Gasteiger partial charge in [-0.05, 0) is 31.5 Å². The number of morpholine rings is 1. The van der Waals surface area contributed by atoms with Gasteiger partial charge in [0.15, 0.2) is 11.5 Å². The molecule has 1 atom stereocenters. The number of ketones is 1. The van der Waals surface area contributed by atoms with E-state index in [4.69, 9.17) is 9.47 Å². The molecule has 0 aliphatic carbocycles. The molecule has 1 aromatic rings. The predicted octanol–water partition coefficient (Wildman–Crippen LogP) is 0.285. The van der Waals surface area contributed by atoms with Crippen molar-refractivity contribution >= 4 is 11.7 Å². The van der Waals surface area contributed by atoms with Gasteiger partial charge in [0.2, 0.25) is 0 Å². The third-order valence-electron chi connectivity index (χ3n) is 5.10. The van der Waals surface area contributed by atoms with Crippen LogP contribution in [-0.4, -0.2) is 67.7 Å². The predicted molar refractivity (Wildman–Crippen MR) is 98.8 cm³/mol. The van der Waals surface area contributed by atoms with E-state index in [1.807, 2.05) is 31.2 Å². The maximum atomic E-state index is 12.7. The molecule has 1 fully saturated rings. The number of carbonyl (C=O) groups excluding carboxylic acids is 2. The molecule has 7 heteroatoms. The van der Waals surface area contributed by atoms with Crippen LogP contribution in [0.5, 0.6) is 5.75 Å². The van der Waals surface area contributed by atoms with Crippen LogP contribution in [-0.2, 0) is 14.3 Å². The van der Waals surface area contributed by atoms with E-state index in [1.165, 1.54) is 11.8 Å². The van der Waals surface area contributed by atoms with E-state index < -0.39 is 17.7 Å². The Balaban J connectivity index is 1.83. The fraction of sp³-hybridized carbons (Fsp3) is 0.500. The van der Waals surface area contributed by atoms with Crippen LogP contribution in [0.15, 0.2) is 35.6 Å². The summed E-state index contributed by atoms with van der Waals surface area (Å²) in [6, 6.07) is 6.77. The van der Waals surface area contributed by atoms with Crippen molar-refractivity contribution in [2.75, 3.05) is 46.0 Å². The molecule has 2 aliphatic heterocycles. The average Bonchev–Trinajstić information content (AvgIpc) is 2.93. The van der Waals surface area contributed by atoms with Gasteiger partial charge in [-0.3, -0.25) is 9.59 Å². The lowest BCUT2D eigenvalue weighted by Gasteiger charge is -2.30. The number of benzene rings is 1. The molecule has 27 heavy (non-hydrogen) atoms. The molecule has 1 amide bonds. The van der Waals surface area contributed by atoms with Crippen molar-refractivity contribution in [1.82, 2.24) is 4.90 Å². The number of rotatable bonds is 7. The van der Waals surface area contributed by atoms with Crippen molar-refractivity contribution in [1.29, 1.82) is 0 Å². The number of nitrogens with zero attached hydrogens (tertiary/aromatic N) is 1. The summed E-state index contributed by atoms with van der Waals surface area (Å²) in [5, 5.41) is 10.3. The molecule has 1 aromatic carbocycles. The Hall–Kier alpha value is -2.38. The molecule has 1 saturated heterocycles. The van der Waals surface area contributed by atoms with E-state index in [0.29, 0.717) is 26.4 Å². The number of amides is 1. The van der Waals surface area contributed by atoms with Crippen LogP contribution in [0.2, 0.25) is 0 Å². The Bertz CT molecular complexity index is 722. The highest BCUT2D eigenvalue weighted by Gasteiger charge is 2.42. The Morgan fingerprint density at radius 3 is 2.56 bits per heavy atom. The second kappa shape index (κ2) is 8.54. The number of ether oxygens (including phenoxy) is 2. The molecule has 0 aromatic heterocycles. The topological polar surface area (TPSA) is 80.5 Å². The summed E-state index contributed by atoms with van der Waals surface area (Å²) < 4.78 is 10.8. The van der Waals surface area contributed by atoms with Crippen LogP contribution in [0, 0.1) is 0 Å². The first kappa shape index (κ1) is 19.4. The van der Waals surface area contributed by atoms with E-state index in [9.17, 15) is 14.7 Å². The third kappa shape index (κ3) is 4.14. The van der Waals surface area contributed by atoms with Gasteiger partial charge in [0.25, 0.3) is 5.91 Å². The molecule has 2 N–H and O–H groups in total. The number of Topliss-reactive ketones (excluding diaryl/α,β-unsaturated/α-hetero) is 1. The lowest BCUT2D eigenvalue weighted by atomic mass is 9.96. The minimum absolute atomic E-state index is 0.168. The number of hydrogen-bond donors (Lipinski definition) is 2. The molecule has 2 aliphatic rings. The van der Waals surface area contributed by atoms with Gasteiger partial charge in [-0.25, -0.2) is 0 Å².